The van der Waals surface area contributed by atoms with Crippen molar-refractivity contribution in [2.45, 2.75) is 39.0 Å². The van der Waals surface area contributed by atoms with Gasteiger partial charge < -0.3 is 9.64 Å². The van der Waals surface area contributed by atoms with Gasteiger partial charge >= 0.3 is 0 Å². The maximum atomic E-state index is 6.44. The minimum Gasteiger partial charge on any atom is -0.453 e. The van der Waals surface area contributed by atoms with Gasteiger partial charge in [0.15, 0.2) is 11.5 Å². The number of ether oxygens (including phenoxy) is 1. The lowest BCUT2D eigenvalue weighted by molar-refractivity contribution is 0.455. The molecular weight excluding hydrogens is 354 g/mol. The van der Waals surface area contributed by atoms with Crippen molar-refractivity contribution >= 4 is 32.9 Å². The monoisotopic (exact) mass is 381 g/mol. The van der Waals surface area contributed by atoms with Gasteiger partial charge in [0.2, 0.25) is 0 Å². The Morgan fingerprint density at radius 1 is 0.759 bits per heavy atom. The van der Waals surface area contributed by atoms with Crippen LogP contribution in [0.4, 0.5) is 11.4 Å². The highest BCUT2D eigenvalue weighted by Gasteiger charge is 2.26. The van der Waals surface area contributed by atoms with Crippen LogP contribution in [0.25, 0.3) is 21.5 Å². The van der Waals surface area contributed by atoms with Gasteiger partial charge in [-0.2, -0.15) is 0 Å². The molecular formula is C27H27NO. The zero-order chi connectivity index (χ0) is 20.2. The number of anilines is 2. The van der Waals surface area contributed by atoms with Gasteiger partial charge in [0, 0.05) is 7.05 Å². The van der Waals surface area contributed by atoms with Crippen LogP contribution in [-0.4, -0.2) is 7.05 Å². The average molecular weight is 382 g/mol. The van der Waals surface area contributed by atoms with Gasteiger partial charge in [-0.1, -0.05) is 57.5 Å². The quantitative estimate of drug-likeness (QED) is 0.334. The lowest BCUT2D eigenvalue weighted by Crippen LogP contribution is -2.19. The largest absolute Gasteiger partial charge is 0.453 e. The third-order valence-electron chi connectivity index (χ3n) is 6.34. The molecule has 146 valence electrons. The van der Waals surface area contributed by atoms with Gasteiger partial charge in [0.25, 0.3) is 0 Å². The predicted molar refractivity (Wildman–Crippen MR) is 124 cm³/mol. The van der Waals surface area contributed by atoms with E-state index in [-0.39, 0.29) is 5.41 Å². The lowest BCUT2D eigenvalue weighted by atomic mass is 9.80. The Morgan fingerprint density at radius 2 is 1.41 bits per heavy atom. The van der Waals surface area contributed by atoms with E-state index in [9.17, 15) is 0 Å². The Balaban J connectivity index is 1.62. The van der Waals surface area contributed by atoms with Gasteiger partial charge in [-0.25, -0.2) is 0 Å². The van der Waals surface area contributed by atoms with E-state index >= 15 is 0 Å². The van der Waals surface area contributed by atoms with Crippen molar-refractivity contribution < 1.29 is 4.74 Å². The van der Waals surface area contributed by atoms with E-state index in [1.807, 2.05) is 0 Å². The third kappa shape index (κ3) is 2.95. The van der Waals surface area contributed by atoms with Crippen LogP contribution in [0.5, 0.6) is 11.5 Å². The lowest BCUT2D eigenvalue weighted by Gasteiger charge is -2.32. The summed E-state index contributed by atoms with van der Waals surface area (Å²) in [5.74, 6) is 1.87. The van der Waals surface area contributed by atoms with Gasteiger partial charge in [0.1, 0.15) is 0 Å². The first kappa shape index (κ1) is 18.1. The SMILES string of the molecule is CCCC(C)(C)c1ccc2c(c1)Oc1cc3cc4ccccc4cc3cc1N2C. The molecule has 0 bridgehead atoms. The third-order valence-corrected chi connectivity index (χ3v) is 6.34. The van der Waals surface area contributed by atoms with Gasteiger partial charge in [-0.3, -0.25) is 0 Å². The molecule has 4 aromatic rings. The highest BCUT2D eigenvalue weighted by molar-refractivity contribution is 6.01. The molecule has 4 aromatic carbocycles. The molecule has 0 amide bonds. The smallest absolute Gasteiger partial charge is 0.151 e. The minimum absolute atomic E-state index is 0.147. The Hall–Kier alpha value is -3.00. The van der Waals surface area contributed by atoms with Crippen molar-refractivity contribution in [3.63, 3.8) is 0 Å². The summed E-state index contributed by atoms with van der Waals surface area (Å²) in [7, 11) is 2.13. The van der Waals surface area contributed by atoms with E-state index in [2.05, 4.69) is 99.4 Å². The molecule has 0 aromatic heterocycles. The molecule has 0 spiro atoms. The van der Waals surface area contributed by atoms with Crippen LogP contribution in [0.1, 0.15) is 39.2 Å². The van der Waals surface area contributed by atoms with Crippen molar-refractivity contribution in [3.8, 4) is 11.5 Å². The zero-order valence-electron chi connectivity index (χ0n) is 17.6. The second kappa shape index (κ2) is 6.52. The Bertz CT molecular complexity index is 1240. The molecule has 0 saturated carbocycles. The Morgan fingerprint density at radius 3 is 2.10 bits per heavy atom. The summed E-state index contributed by atoms with van der Waals surface area (Å²) < 4.78 is 6.44. The highest BCUT2D eigenvalue weighted by atomic mass is 16.5. The molecule has 1 heterocycles. The van der Waals surface area contributed by atoms with Gasteiger partial charge in [-0.15, -0.1) is 0 Å². The van der Waals surface area contributed by atoms with Crippen LogP contribution in [-0.2, 0) is 5.41 Å². The molecule has 1 aliphatic rings. The summed E-state index contributed by atoms with van der Waals surface area (Å²) in [6.45, 7) is 6.88. The maximum Gasteiger partial charge on any atom is 0.151 e. The molecule has 29 heavy (non-hydrogen) atoms. The van der Waals surface area contributed by atoms with E-state index < -0.39 is 0 Å². The Labute approximate surface area is 172 Å². The van der Waals surface area contributed by atoms with Crippen LogP contribution >= 0.6 is 0 Å². The molecule has 0 N–H and O–H groups in total. The normalized spacial score (nSPS) is 13.3. The fourth-order valence-electron chi connectivity index (χ4n) is 4.61. The molecule has 5 rings (SSSR count). The molecule has 0 unspecified atom stereocenters. The summed E-state index contributed by atoms with van der Waals surface area (Å²) >= 11 is 0. The molecule has 2 nitrogen and oxygen atoms in total. The van der Waals surface area contributed by atoms with Crippen LogP contribution in [0, 0.1) is 0 Å². The molecule has 1 aliphatic heterocycles. The van der Waals surface area contributed by atoms with Crippen molar-refractivity contribution in [2.75, 3.05) is 11.9 Å². The van der Waals surface area contributed by atoms with Crippen molar-refractivity contribution in [1.82, 2.24) is 0 Å². The van der Waals surface area contributed by atoms with E-state index in [4.69, 9.17) is 4.74 Å². The average Bonchev–Trinajstić information content (AvgIpc) is 2.71. The van der Waals surface area contributed by atoms with Crippen LogP contribution in [0.3, 0.4) is 0 Å². The minimum atomic E-state index is 0.147. The van der Waals surface area contributed by atoms with Crippen LogP contribution in [0.15, 0.2) is 66.7 Å². The Kier molecular flexibility index (Phi) is 4.06. The number of fused-ring (bicyclic) bond motifs is 4. The van der Waals surface area contributed by atoms with Gasteiger partial charge in [0.05, 0.1) is 11.4 Å². The van der Waals surface area contributed by atoms with E-state index in [0.717, 1.165) is 29.3 Å². The van der Waals surface area contributed by atoms with Crippen molar-refractivity contribution in [1.29, 1.82) is 0 Å². The molecule has 2 heteroatoms. The van der Waals surface area contributed by atoms with Crippen molar-refractivity contribution in [2.24, 2.45) is 0 Å². The van der Waals surface area contributed by atoms with Crippen LogP contribution in [0.2, 0.25) is 0 Å². The summed E-state index contributed by atoms with van der Waals surface area (Å²) in [5.41, 5.74) is 3.71. The first-order valence-corrected chi connectivity index (χ1v) is 10.5. The summed E-state index contributed by atoms with van der Waals surface area (Å²) in [6, 6.07) is 24.2. The second-order valence-electron chi connectivity index (χ2n) is 8.84. The van der Waals surface area contributed by atoms with E-state index in [1.54, 1.807) is 0 Å². The fraction of sp³-hybridized carbons (Fsp3) is 0.259. The first-order valence-electron chi connectivity index (χ1n) is 10.5. The highest BCUT2D eigenvalue weighted by Crippen LogP contribution is 2.48. The summed E-state index contributed by atoms with van der Waals surface area (Å²) in [4.78, 5) is 2.25. The van der Waals surface area contributed by atoms with E-state index in [1.165, 1.54) is 33.5 Å². The van der Waals surface area contributed by atoms with Crippen LogP contribution < -0.4 is 9.64 Å². The maximum absolute atomic E-state index is 6.44. The first-order chi connectivity index (χ1) is 14.0. The predicted octanol–water partition coefficient (Wildman–Crippen LogP) is 7.94. The fourth-order valence-corrected chi connectivity index (χ4v) is 4.61. The number of rotatable bonds is 3. The molecule has 0 aliphatic carbocycles. The van der Waals surface area contributed by atoms with E-state index in [0.29, 0.717) is 0 Å². The molecule has 0 radical (unpaired) electrons. The zero-order valence-corrected chi connectivity index (χ0v) is 17.6. The topological polar surface area (TPSA) is 12.5 Å². The summed E-state index contributed by atoms with van der Waals surface area (Å²) in [6.07, 6.45) is 2.34. The number of hydrogen-bond donors (Lipinski definition) is 0. The van der Waals surface area contributed by atoms with Gasteiger partial charge in [-0.05, 0) is 75.3 Å². The second-order valence-corrected chi connectivity index (χ2v) is 8.84. The molecule has 0 atom stereocenters. The van der Waals surface area contributed by atoms with Crippen molar-refractivity contribution in [3.05, 3.63) is 72.3 Å². The summed E-state index contributed by atoms with van der Waals surface area (Å²) in [5, 5.41) is 4.97. The number of nitrogens with zero attached hydrogens (tertiary/aromatic N) is 1. The number of hydrogen-bond acceptors (Lipinski definition) is 2. The standard InChI is InChI=1S/C27H27NO/c1-5-12-27(2,3)22-10-11-23-26(17-22)29-25-16-21-14-19-9-7-6-8-18(19)13-20(21)15-24(25)28(23)4/h6-11,13-17H,5,12H2,1-4H3. The number of benzene rings is 4. The molecule has 0 fully saturated rings. The molecule has 0 saturated heterocycles.